The van der Waals surface area contributed by atoms with E-state index in [1.54, 1.807) is 6.92 Å². The lowest BCUT2D eigenvalue weighted by Gasteiger charge is -2.17. The van der Waals surface area contributed by atoms with Gasteiger partial charge in [-0.2, -0.15) is 0 Å². The van der Waals surface area contributed by atoms with Crippen LogP contribution < -0.4 is 0 Å². The second-order valence-corrected chi connectivity index (χ2v) is 5.32. The van der Waals surface area contributed by atoms with Crippen LogP contribution in [0.1, 0.15) is 36.7 Å². The molecule has 0 saturated carbocycles. The quantitative estimate of drug-likeness (QED) is 0.836. The van der Waals surface area contributed by atoms with Crippen molar-refractivity contribution in [3.05, 3.63) is 71.8 Å². The van der Waals surface area contributed by atoms with Gasteiger partial charge in [-0.1, -0.05) is 60.7 Å². The van der Waals surface area contributed by atoms with Gasteiger partial charge in [-0.15, -0.1) is 0 Å². The third kappa shape index (κ3) is 2.52. The molecule has 2 aromatic carbocycles. The highest BCUT2D eigenvalue weighted by atomic mass is 16.5. The Morgan fingerprint density at radius 1 is 0.950 bits per heavy atom. The molecule has 0 unspecified atom stereocenters. The Morgan fingerprint density at radius 2 is 1.50 bits per heavy atom. The topological polar surface area (TPSA) is 26.3 Å². The number of carbonyl (C=O) groups excluding carboxylic acids is 1. The fraction of sp³-hybridized carbons (Fsp3) is 0.278. The summed E-state index contributed by atoms with van der Waals surface area (Å²) >= 11 is 0. The maximum atomic E-state index is 11.9. The average molecular weight is 266 g/mol. The minimum atomic E-state index is -0.126. The fourth-order valence-electron chi connectivity index (χ4n) is 2.90. The number of ether oxygens (including phenoxy) is 1. The van der Waals surface area contributed by atoms with Crippen molar-refractivity contribution in [2.75, 3.05) is 0 Å². The molecule has 0 aromatic heterocycles. The molecule has 3 atom stereocenters. The van der Waals surface area contributed by atoms with Crippen LogP contribution >= 0.6 is 0 Å². The molecule has 0 bridgehead atoms. The van der Waals surface area contributed by atoms with Gasteiger partial charge in [-0.05, 0) is 24.5 Å². The van der Waals surface area contributed by atoms with E-state index in [2.05, 4.69) is 12.1 Å². The number of rotatable bonds is 3. The zero-order chi connectivity index (χ0) is 13.9. The van der Waals surface area contributed by atoms with Crippen molar-refractivity contribution in [3.8, 4) is 0 Å². The molecule has 1 aliphatic heterocycles. The summed E-state index contributed by atoms with van der Waals surface area (Å²) in [5.74, 6) is 0.153. The smallest absolute Gasteiger partial charge is 0.135 e. The maximum Gasteiger partial charge on any atom is 0.135 e. The highest BCUT2D eigenvalue weighted by molar-refractivity contribution is 5.79. The van der Waals surface area contributed by atoms with Gasteiger partial charge in [0, 0.05) is 0 Å². The first-order chi connectivity index (χ1) is 9.75. The van der Waals surface area contributed by atoms with Crippen molar-refractivity contribution >= 4 is 5.78 Å². The predicted octanol–water partition coefficient (Wildman–Crippen LogP) is 4.09. The molecule has 2 heteroatoms. The number of hydrogen-bond donors (Lipinski definition) is 0. The highest BCUT2D eigenvalue weighted by Gasteiger charge is 2.39. The number of carbonyl (C=O) groups is 1. The lowest BCUT2D eigenvalue weighted by atomic mass is 9.90. The maximum absolute atomic E-state index is 11.9. The Hall–Kier alpha value is -1.93. The van der Waals surface area contributed by atoms with Crippen molar-refractivity contribution in [1.29, 1.82) is 0 Å². The Bertz CT molecular complexity index is 577. The van der Waals surface area contributed by atoms with Crippen molar-refractivity contribution in [2.45, 2.75) is 25.6 Å². The van der Waals surface area contributed by atoms with Crippen LogP contribution in [0.5, 0.6) is 0 Å². The fourth-order valence-corrected chi connectivity index (χ4v) is 2.90. The normalized spacial score (nSPS) is 25.6. The Labute approximate surface area is 119 Å². The van der Waals surface area contributed by atoms with Crippen LogP contribution in [-0.4, -0.2) is 5.78 Å². The number of hydrogen-bond acceptors (Lipinski definition) is 2. The molecule has 0 radical (unpaired) electrons. The molecule has 0 amide bonds. The van der Waals surface area contributed by atoms with Gasteiger partial charge in [0.25, 0.3) is 0 Å². The molecule has 1 fully saturated rings. The third-order valence-electron chi connectivity index (χ3n) is 3.97. The molecule has 3 rings (SSSR count). The van der Waals surface area contributed by atoms with E-state index in [-0.39, 0.29) is 23.9 Å². The second kappa shape index (κ2) is 5.59. The Balaban J connectivity index is 1.89. The SMILES string of the molecule is CC(=O)[C@H]1C[C@@H](c2ccccc2)O[C@H]1c1ccccc1. The van der Waals surface area contributed by atoms with Crippen LogP contribution in [-0.2, 0) is 9.53 Å². The summed E-state index contributed by atoms with van der Waals surface area (Å²) in [5, 5.41) is 0. The molecular weight excluding hydrogens is 248 g/mol. The molecule has 1 saturated heterocycles. The van der Waals surface area contributed by atoms with E-state index in [0.717, 1.165) is 17.5 Å². The summed E-state index contributed by atoms with van der Waals surface area (Å²) in [4.78, 5) is 11.9. The largest absolute Gasteiger partial charge is 0.365 e. The number of ketones is 1. The lowest BCUT2D eigenvalue weighted by Crippen LogP contribution is -2.15. The summed E-state index contributed by atoms with van der Waals surface area (Å²) in [6.07, 6.45) is 0.646. The first-order valence-corrected chi connectivity index (χ1v) is 7.01. The lowest BCUT2D eigenvalue weighted by molar-refractivity contribution is -0.122. The average Bonchev–Trinajstić information content (AvgIpc) is 2.94. The molecule has 20 heavy (non-hydrogen) atoms. The molecular formula is C18H18O2. The van der Waals surface area contributed by atoms with E-state index in [1.165, 1.54) is 0 Å². The van der Waals surface area contributed by atoms with Gasteiger partial charge in [0.2, 0.25) is 0 Å². The number of benzene rings is 2. The van der Waals surface area contributed by atoms with Crippen LogP contribution in [0.3, 0.4) is 0 Å². The van der Waals surface area contributed by atoms with Crippen molar-refractivity contribution in [3.63, 3.8) is 0 Å². The zero-order valence-electron chi connectivity index (χ0n) is 11.5. The monoisotopic (exact) mass is 266 g/mol. The van der Waals surface area contributed by atoms with E-state index >= 15 is 0 Å². The van der Waals surface area contributed by atoms with Crippen molar-refractivity contribution in [1.82, 2.24) is 0 Å². The van der Waals surface area contributed by atoms with Crippen LogP contribution in [0, 0.1) is 5.92 Å². The van der Waals surface area contributed by atoms with E-state index < -0.39 is 0 Å². The molecule has 1 aliphatic rings. The Kier molecular flexibility index (Phi) is 3.66. The van der Waals surface area contributed by atoms with Gasteiger partial charge >= 0.3 is 0 Å². The van der Waals surface area contributed by atoms with Crippen LogP contribution in [0.25, 0.3) is 0 Å². The van der Waals surface area contributed by atoms with Gasteiger partial charge in [0.1, 0.15) is 5.78 Å². The van der Waals surface area contributed by atoms with Crippen LogP contribution in [0.4, 0.5) is 0 Å². The summed E-state index contributed by atoms with van der Waals surface area (Å²) in [6.45, 7) is 1.66. The number of Topliss-reactive ketones (excluding diaryl/α,β-unsaturated/α-hetero) is 1. The van der Waals surface area contributed by atoms with E-state index in [9.17, 15) is 4.79 Å². The van der Waals surface area contributed by atoms with Gasteiger partial charge in [0.15, 0.2) is 0 Å². The van der Waals surface area contributed by atoms with Crippen LogP contribution in [0.2, 0.25) is 0 Å². The first kappa shape index (κ1) is 13.1. The van der Waals surface area contributed by atoms with Crippen molar-refractivity contribution < 1.29 is 9.53 Å². The standard InChI is InChI=1S/C18H18O2/c1-13(19)16-12-17(14-8-4-2-5-9-14)20-18(16)15-10-6-3-7-11-15/h2-11,16-18H,12H2,1H3/t16-,17+,18+/m1/s1. The summed E-state index contributed by atoms with van der Waals surface area (Å²) < 4.78 is 6.19. The van der Waals surface area contributed by atoms with Gasteiger partial charge in [-0.3, -0.25) is 4.79 Å². The minimum Gasteiger partial charge on any atom is -0.365 e. The van der Waals surface area contributed by atoms with E-state index in [0.29, 0.717) is 0 Å². The second-order valence-electron chi connectivity index (χ2n) is 5.32. The van der Waals surface area contributed by atoms with E-state index in [4.69, 9.17) is 4.74 Å². The van der Waals surface area contributed by atoms with E-state index in [1.807, 2.05) is 48.5 Å². The van der Waals surface area contributed by atoms with Gasteiger partial charge < -0.3 is 4.74 Å². The van der Waals surface area contributed by atoms with Gasteiger partial charge in [0.05, 0.1) is 18.1 Å². The molecule has 0 N–H and O–H groups in total. The first-order valence-electron chi connectivity index (χ1n) is 7.01. The molecule has 1 heterocycles. The van der Waals surface area contributed by atoms with Crippen LogP contribution in [0.15, 0.2) is 60.7 Å². The predicted molar refractivity (Wildman–Crippen MR) is 78.2 cm³/mol. The summed E-state index contributed by atoms with van der Waals surface area (Å²) in [7, 11) is 0. The zero-order valence-corrected chi connectivity index (χ0v) is 11.5. The van der Waals surface area contributed by atoms with Crippen molar-refractivity contribution in [2.24, 2.45) is 5.92 Å². The molecule has 0 aliphatic carbocycles. The molecule has 0 spiro atoms. The molecule has 2 nitrogen and oxygen atoms in total. The summed E-state index contributed by atoms with van der Waals surface area (Å²) in [6, 6.07) is 20.2. The Morgan fingerprint density at radius 3 is 2.05 bits per heavy atom. The molecule has 102 valence electrons. The van der Waals surface area contributed by atoms with Gasteiger partial charge in [-0.25, -0.2) is 0 Å². The highest BCUT2D eigenvalue weighted by Crippen LogP contribution is 2.45. The third-order valence-corrected chi connectivity index (χ3v) is 3.97. The molecule has 2 aromatic rings. The summed E-state index contributed by atoms with van der Waals surface area (Å²) in [5.41, 5.74) is 2.24. The minimum absolute atomic E-state index is 0.00954.